The minimum Gasteiger partial charge on any atom is -0.481 e. The summed E-state index contributed by atoms with van der Waals surface area (Å²) < 4.78 is 0. The topological polar surface area (TPSA) is 165 Å². The van der Waals surface area contributed by atoms with Crippen LogP contribution in [0.1, 0.15) is 92.0 Å². The molecule has 2 aromatic heterocycles. The van der Waals surface area contributed by atoms with Crippen LogP contribution in [0, 0.1) is 13.8 Å². The lowest BCUT2D eigenvalue weighted by Gasteiger charge is -2.18. The van der Waals surface area contributed by atoms with Crippen molar-refractivity contribution < 1.29 is 29.4 Å². The zero-order chi connectivity index (χ0) is 32.5. The van der Waals surface area contributed by atoms with E-state index in [1.165, 1.54) is 0 Å². The van der Waals surface area contributed by atoms with Crippen LogP contribution in [0.3, 0.4) is 0 Å². The van der Waals surface area contributed by atoms with Gasteiger partial charge in [-0.1, -0.05) is 6.92 Å². The van der Waals surface area contributed by atoms with Crippen LogP contribution in [0.15, 0.2) is 27.3 Å². The van der Waals surface area contributed by atoms with Crippen LogP contribution in [0.2, 0.25) is 0 Å². The summed E-state index contributed by atoms with van der Waals surface area (Å²) in [6.45, 7) is 11.5. The molecule has 0 saturated carbocycles. The van der Waals surface area contributed by atoms with Crippen LogP contribution in [0.5, 0.6) is 0 Å². The average molecular weight is 623 g/mol. The van der Waals surface area contributed by atoms with Crippen molar-refractivity contribution in [3.05, 3.63) is 67.3 Å². The van der Waals surface area contributed by atoms with Gasteiger partial charge in [-0.2, -0.15) is 12.6 Å². The van der Waals surface area contributed by atoms with E-state index in [0.717, 1.165) is 56.2 Å². The Hall–Kier alpha value is -3.86. The first-order chi connectivity index (χ1) is 20.7. The average Bonchev–Trinajstić information content (AvgIpc) is 3.59. The van der Waals surface area contributed by atoms with E-state index in [-0.39, 0.29) is 35.9 Å². The van der Waals surface area contributed by atoms with Crippen molar-refractivity contribution in [2.45, 2.75) is 104 Å². The molecule has 0 bridgehead atoms. The molecule has 0 fully saturated rings. The first-order valence-electron chi connectivity index (χ1n) is 15.1. The van der Waals surface area contributed by atoms with E-state index in [4.69, 9.17) is 0 Å². The third kappa shape index (κ3) is 6.77. The van der Waals surface area contributed by atoms with E-state index in [2.05, 4.69) is 32.9 Å². The van der Waals surface area contributed by atoms with Crippen LogP contribution in [0.4, 0.5) is 0 Å². The smallest absolute Gasteiger partial charge is 0.303 e. The predicted octanol–water partition coefficient (Wildman–Crippen LogP) is 4.51. The fourth-order valence-electron chi connectivity index (χ4n) is 6.59. The third-order valence-electron chi connectivity index (χ3n) is 9.06. The molecule has 0 aliphatic carbocycles. The minimum absolute atomic E-state index is 0.0384. The summed E-state index contributed by atoms with van der Waals surface area (Å²) in [5.41, 5.74) is 11.1. The van der Waals surface area contributed by atoms with Gasteiger partial charge in [0.15, 0.2) is 0 Å². The highest BCUT2D eigenvalue weighted by atomic mass is 32.1. The normalized spacial score (nSPS) is 17.5. The van der Waals surface area contributed by atoms with Crippen molar-refractivity contribution >= 4 is 42.1 Å². The lowest BCUT2D eigenvalue weighted by molar-refractivity contribution is -0.138. The van der Waals surface area contributed by atoms with Crippen molar-refractivity contribution in [3.63, 3.8) is 0 Å². The van der Waals surface area contributed by atoms with Crippen molar-refractivity contribution in [1.82, 2.24) is 15.3 Å². The van der Waals surface area contributed by atoms with E-state index in [9.17, 15) is 29.4 Å². The monoisotopic (exact) mass is 622 g/mol. The SMILES string of the molecule is CCC1=C(C)C(Cc2[nH]c(Cc3[nH]c(C[C@@H]4NC(=O)C(C)=C4[C@@H](C)S)c(C)c3CCC(=O)O)c(CCC(=O)O)c2C)=NC1=O. The van der Waals surface area contributed by atoms with Gasteiger partial charge in [-0.05, 0) is 87.3 Å². The Morgan fingerprint density at radius 3 is 1.91 bits per heavy atom. The summed E-state index contributed by atoms with van der Waals surface area (Å²) in [7, 11) is 0. The standard InChI is InChI=1S/C33H42N4O6S/c1-7-20-15(2)25(36-33(20)43)12-23-16(3)21(8-10-29(38)39)26(34-23)14-27-22(9-11-30(40)41)17(4)24(35-27)13-28-31(19(6)44)18(5)32(42)37-28/h19,28,34-35,44H,7-14H2,1-6H3,(H,37,42)(H,38,39)(H,40,41)/t19-,28+/m1/s1. The molecule has 236 valence electrons. The van der Waals surface area contributed by atoms with Crippen LogP contribution in [0.25, 0.3) is 0 Å². The Labute approximate surface area is 262 Å². The van der Waals surface area contributed by atoms with Crippen LogP contribution in [-0.4, -0.2) is 60.9 Å². The number of aliphatic carboxylic acids is 2. The molecule has 4 heterocycles. The first-order valence-corrected chi connectivity index (χ1v) is 15.6. The molecule has 4 rings (SSSR count). The molecule has 10 nitrogen and oxygen atoms in total. The van der Waals surface area contributed by atoms with E-state index < -0.39 is 11.9 Å². The van der Waals surface area contributed by atoms with Crippen molar-refractivity contribution in [2.75, 3.05) is 0 Å². The number of allylic oxidation sites excluding steroid dienone is 1. The van der Waals surface area contributed by atoms with E-state index in [1.54, 1.807) is 6.92 Å². The molecule has 2 atom stereocenters. The Morgan fingerprint density at radius 1 is 0.864 bits per heavy atom. The fourth-order valence-corrected chi connectivity index (χ4v) is 6.96. The summed E-state index contributed by atoms with van der Waals surface area (Å²) in [5, 5.41) is 21.9. The number of amides is 2. The highest BCUT2D eigenvalue weighted by Gasteiger charge is 2.32. The number of thiol groups is 1. The fraction of sp³-hybridized carbons (Fsp3) is 0.485. The van der Waals surface area contributed by atoms with E-state index >= 15 is 0 Å². The molecule has 2 amide bonds. The van der Waals surface area contributed by atoms with E-state index in [0.29, 0.717) is 55.4 Å². The first kappa shape index (κ1) is 33.0. The number of aliphatic imine (C=N–C) groups is 1. The maximum Gasteiger partial charge on any atom is 0.303 e. The Balaban J connectivity index is 1.72. The molecule has 2 aromatic rings. The quantitative estimate of drug-likeness (QED) is 0.170. The molecule has 0 spiro atoms. The number of nitrogens with one attached hydrogen (secondary N) is 3. The van der Waals surface area contributed by atoms with Gasteiger partial charge >= 0.3 is 11.9 Å². The maximum absolute atomic E-state index is 12.5. The molecule has 0 aromatic carbocycles. The van der Waals surface area contributed by atoms with Gasteiger partial charge in [-0.15, -0.1) is 0 Å². The Morgan fingerprint density at radius 2 is 1.41 bits per heavy atom. The molecule has 2 aliphatic rings. The van der Waals surface area contributed by atoms with Crippen molar-refractivity contribution in [3.8, 4) is 0 Å². The van der Waals surface area contributed by atoms with Gasteiger partial charge < -0.3 is 25.5 Å². The number of hydrogen-bond acceptors (Lipinski definition) is 5. The van der Waals surface area contributed by atoms with Gasteiger partial charge in [0, 0.05) is 71.3 Å². The van der Waals surface area contributed by atoms with Gasteiger partial charge in [0.1, 0.15) is 0 Å². The molecule has 5 N–H and O–H groups in total. The molecule has 0 radical (unpaired) electrons. The highest BCUT2D eigenvalue weighted by Crippen LogP contribution is 2.32. The number of carbonyl (C=O) groups is 4. The van der Waals surface area contributed by atoms with Gasteiger partial charge in [0.25, 0.3) is 5.91 Å². The Kier molecular flexibility index (Phi) is 10.1. The highest BCUT2D eigenvalue weighted by molar-refractivity contribution is 7.81. The number of carboxylic acid groups (broad SMARTS) is 2. The second kappa shape index (κ2) is 13.4. The summed E-state index contributed by atoms with van der Waals surface area (Å²) in [6, 6.07) is -0.225. The molecular weight excluding hydrogens is 580 g/mol. The Bertz CT molecular complexity index is 1620. The molecular formula is C33H42N4O6S. The molecule has 44 heavy (non-hydrogen) atoms. The summed E-state index contributed by atoms with van der Waals surface area (Å²) in [6.07, 6.45) is 2.53. The summed E-state index contributed by atoms with van der Waals surface area (Å²) in [5.74, 6) is -2.10. The molecule has 11 heteroatoms. The minimum atomic E-state index is -0.897. The second-order valence-electron chi connectivity index (χ2n) is 11.8. The molecule has 0 unspecified atom stereocenters. The number of H-pyrrole nitrogens is 2. The number of carbonyl (C=O) groups excluding carboxylic acids is 2. The lowest BCUT2D eigenvalue weighted by Crippen LogP contribution is -2.32. The van der Waals surface area contributed by atoms with Crippen LogP contribution >= 0.6 is 12.6 Å². The van der Waals surface area contributed by atoms with Crippen LogP contribution < -0.4 is 5.32 Å². The van der Waals surface area contributed by atoms with Gasteiger partial charge in [-0.25, -0.2) is 4.99 Å². The predicted molar refractivity (Wildman–Crippen MR) is 172 cm³/mol. The zero-order valence-electron chi connectivity index (χ0n) is 26.2. The van der Waals surface area contributed by atoms with Crippen molar-refractivity contribution in [1.29, 1.82) is 0 Å². The number of aromatic amines is 2. The summed E-state index contributed by atoms with van der Waals surface area (Å²) >= 11 is 4.61. The lowest BCUT2D eigenvalue weighted by atomic mass is 9.95. The third-order valence-corrected chi connectivity index (χ3v) is 9.34. The number of nitrogens with zero attached hydrogens (tertiary/aromatic N) is 1. The second-order valence-corrected chi connectivity index (χ2v) is 12.6. The maximum atomic E-state index is 12.5. The number of rotatable bonds is 14. The van der Waals surface area contributed by atoms with Crippen LogP contribution in [-0.2, 0) is 51.3 Å². The summed E-state index contributed by atoms with van der Waals surface area (Å²) in [4.78, 5) is 59.4. The number of hydrogen-bond donors (Lipinski definition) is 6. The molecule has 0 saturated heterocycles. The van der Waals surface area contributed by atoms with E-state index in [1.807, 2.05) is 34.6 Å². The van der Waals surface area contributed by atoms with Gasteiger partial charge in [-0.3, -0.25) is 19.2 Å². The van der Waals surface area contributed by atoms with Gasteiger partial charge in [0.05, 0.1) is 11.8 Å². The zero-order valence-corrected chi connectivity index (χ0v) is 27.1. The van der Waals surface area contributed by atoms with Gasteiger partial charge in [0.2, 0.25) is 5.91 Å². The largest absolute Gasteiger partial charge is 0.481 e. The molecule has 2 aliphatic heterocycles. The number of carboxylic acids is 2. The number of aromatic nitrogens is 2. The van der Waals surface area contributed by atoms with Crippen molar-refractivity contribution in [2.24, 2.45) is 4.99 Å².